The van der Waals surface area contributed by atoms with Crippen LogP contribution in [0.3, 0.4) is 0 Å². The van der Waals surface area contributed by atoms with E-state index in [2.05, 4.69) is 0 Å². The second kappa shape index (κ2) is 7.85. The normalized spacial score (nSPS) is 20.4. The quantitative estimate of drug-likeness (QED) is 0.796. The molecule has 0 aromatic heterocycles. The van der Waals surface area contributed by atoms with Crippen molar-refractivity contribution in [2.24, 2.45) is 5.92 Å². The van der Waals surface area contributed by atoms with Gasteiger partial charge in [0.25, 0.3) is 0 Å². The van der Waals surface area contributed by atoms with Crippen molar-refractivity contribution in [3.05, 3.63) is 29.8 Å². The highest BCUT2D eigenvalue weighted by atomic mass is 16.5. The molecule has 27 heavy (non-hydrogen) atoms. The van der Waals surface area contributed by atoms with Crippen LogP contribution in [0, 0.1) is 5.92 Å². The maximum Gasteiger partial charge on any atom is 0.407 e. The Labute approximate surface area is 158 Å². The van der Waals surface area contributed by atoms with E-state index in [-0.39, 0.29) is 24.0 Å². The van der Waals surface area contributed by atoms with Gasteiger partial charge in [0.2, 0.25) is 0 Å². The van der Waals surface area contributed by atoms with Crippen LogP contribution in [0.4, 0.5) is 15.3 Å². The van der Waals surface area contributed by atoms with Gasteiger partial charge < -0.3 is 19.6 Å². The van der Waals surface area contributed by atoms with E-state index in [1.165, 1.54) is 4.90 Å². The molecule has 1 aromatic carbocycles. The largest absolute Gasteiger partial charge is 0.466 e. The molecule has 1 aromatic rings. The molecule has 3 rings (SSSR count). The summed E-state index contributed by atoms with van der Waals surface area (Å²) in [5.41, 5.74) is 1.78. The molecule has 2 atom stereocenters. The van der Waals surface area contributed by atoms with Crippen LogP contribution >= 0.6 is 0 Å². The second-order valence-electron chi connectivity index (χ2n) is 6.99. The molecule has 2 aliphatic rings. The van der Waals surface area contributed by atoms with E-state index in [0.717, 1.165) is 11.3 Å². The molecule has 0 radical (unpaired) electrons. The Hall–Kier alpha value is -2.77. The van der Waals surface area contributed by atoms with E-state index in [1.54, 1.807) is 16.7 Å². The second-order valence-corrected chi connectivity index (χ2v) is 6.99. The summed E-state index contributed by atoms with van der Waals surface area (Å²) in [6.45, 7) is 5.57. The Morgan fingerprint density at radius 1 is 1.22 bits per heavy atom. The molecule has 8 heteroatoms. The summed E-state index contributed by atoms with van der Waals surface area (Å²) in [4.78, 5) is 40.4. The lowest BCUT2D eigenvalue weighted by Crippen LogP contribution is -2.53. The number of urea groups is 1. The molecular weight excluding hydrogens is 350 g/mol. The van der Waals surface area contributed by atoms with Gasteiger partial charge in [0.05, 0.1) is 18.6 Å². The molecule has 0 bridgehead atoms. The lowest BCUT2D eigenvalue weighted by Gasteiger charge is -2.34. The van der Waals surface area contributed by atoms with Gasteiger partial charge in [0.15, 0.2) is 0 Å². The van der Waals surface area contributed by atoms with Crippen LogP contribution in [-0.4, -0.2) is 71.8 Å². The molecular formula is C19H25N3O5. The summed E-state index contributed by atoms with van der Waals surface area (Å²) in [6.07, 6.45) is -0.365. The third kappa shape index (κ3) is 3.99. The van der Waals surface area contributed by atoms with Crippen LogP contribution < -0.4 is 4.90 Å². The molecule has 0 spiro atoms. The molecule has 2 unspecified atom stereocenters. The van der Waals surface area contributed by atoms with Crippen molar-refractivity contribution in [2.45, 2.75) is 26.3 Å². The smallest absolute Gasteiger partial charge is 0.407 e. The summed E-state index contributed by atoms with van der Waals surface area (Å²) in [7, 11) is 0. The van der Waals surface area contributed by atoms with Crippen molar-refractivity contribution in [3.8, 4) is 0 Å². The third-order valence-electron chi connectivity index (χ3n) is 5.10. The van der Waals surface area contributed by atoms with Crippen molar-refractivity contribution in [3.63, 3.8) is 0 Å². The van der Waals surface area contributed by atoms with E-state index in [9.17, 15) is 14.4 Å². The maximum absolute atomic E-state index is 12.7. The number of ether oxygens (including phenoxy) is 1. The monoisotopic (exact) mass is 375 g/mol. The van der Waals surface area contributed by atoms with Gasteiger partial charge in [-0.3, -0.25) is 9.69 Å². The predicted octanol–water partition coefficient (Wildman–Crippen LogP) is 2.03. The number of hydrogen-bond acceptors (Lipinski definition) is 4. The molecule has 3 amide bonds. The van der Waals surface area contributed by atoms with Gasteiger partial charge in [0.1, 0.15) is 0 Å². The molecule has 2 fully saturated rings. The number of piperazine rings is 1. The van der Waals surface area contributed by atoms with Crippen LogP contribution in [0.1, 0.15) is 19.4 Å². The number of hydrogen-bond donors (Lipinski definition) is 1. The van der Waals surface area contributed by atoms with Gasteiger partial charge in [-0.05, 0) is 31.0 Å². The van der Waals surface area contributed by atoms with Gasteiger partial charge in [0, 0.05) is 31.9 Å². The minimum Gasteiger partial charge on any atom is -0.466 e. The average Bonchev–Trinajstić information content (AvgIpc) is 2.98. The fourth-order valence-electron chi connectivity index (χ4n) is 3.63. The van der Waals surface area contributed by atoms with E-state index in [4.69, 9.17) is 9.84 Å². The Bertz CT molecular complexity index is 721. The van der Waals surface area contributed by atoms with E-state index in [1.807, 2.05) is 31.2 Å². The summed E-state index contributed by atoms with van der Waals surface area (Å²) in [5, 5.41) is 9.16. The number of esters is 1. The number of amides is 3. The highest BCUT2D eigenvalue weighted by molar-refractivity contribution is 5.95. The number of benzene rings is 1. The van der Waals surface area contributed by atoms with Crippen molar-refractivity contribution in [2.75, 3.05) is 37.7 Å². The van der Waals surface area contributed by atoms with Crippen LogP contribution in [-0.2, 0) is 16.0 Å². The number of carbonyl (C=O) groups excluding carboxylic acids is 2. The van der Waals surface area contributed by atoms with E-state index >= 15 is 0 Å². The van der Waals surface area contributed by atoms with Crippen LogP contribution in [0.25, 0.3) is 0 Å². The van der Waals surface area contributed by atoms with Crippen LogP contribution in [0.15, 0.2) is 24.3 Å². The lowest BCUT2D eigenvalue weighted by molar-refractivity contribution is -0.147. The van der Waals surface area contributed by atoms with Gasteiger partial charge in [-0.1, -0.05) is 19.1 Å². The van der Waals surface area contributed by atoms with Gasteiger partial charge in [-0.2, -0.15) is 0 Å². The topological polar surface area (TPSA) is 90.4 Å². The summed E-state index contributed by atoms with van der Waals surface area (Å²) < 4.78 is 5.03. The van der Waals surface area contributed by atoms with Crippen LogP contribution in [0.5, 0.6) is 0 Å². The molecule has 8 nitrogen and oxygen atoms in total. The zero-order valence-corrected chi connectivity index (χ0v) is 15.6. The number of nitrogens with zero attached hydrogens (tertiary/aromatic N) is 3. The van der Waals surface area contributed by atoms with Crippen molar-refractivity contribution in [1.82, 2.24) is 9.80 Å². The van der Waals surface area contributed by atoms with E-state index in [0.29, 0.717) is 39.2 Å². The fourth-order valence-corrected chi connectivity index (χ4v) is 3.63. The summed E-state index contributed by atoms with van der Waals surface area (Å²) >= 11 is 0. The number of carboxylic acid groups (broad SMARTS) is 1. The van der Waals surface area contributed by atoms with Crippen molar-refractivity contribution in [1.29, 1.82) is 0 Å². The standard InChI is InChI=1S/C19H25N3O5/c1-3-27-17(23)13(2)10-14-4-6-15(7-5-14)22-12-16-11-20(19(25)26)8-9-21(16)18(22)24/h4-7,13,16H,3,8-12H2,1-2H3,(H,25,26). The van der Waals surface area contributed by atoms with Crippen molar-refractivity contribution < 1.29 is 24.2 Å². The molecule has 146 valence electrons. The molecule has 2 saturated heterocycles. The van der Waals surface area contributed by atoms with Crippen molar-refractivity contribution >= 4 is 23.8 Å². The molecule has 0 saturated carbocycles. The molecule has 0 aliphatic carbocycles. The Morgan fingerprint density at radius 2 is 1.93 bits per heavy atom. The first-order valence-electron chi connectivity index (χ1n) is 9.22. The number of carbonyl (C=O) groups is 3. The molecule has 2 aliphatic heterocycles. The third-order valence-corrected chi connectivity index (χ3v) is 5.10. The summed E-state index contributed by atoms with van der Waals surface area (Å²) in [6, 6.07) is 7.37. The number of anilines is 1. The average molecular weight is 375 g/mol. The summed E-state index contributed by atoms with van der Waals surface area (Å²) in [5.74, 6) is -0.434. The van der Waals surface area contributed by atoms with E-state index < -0.39 is 6.09 Å². The highest BCUT2D eigenvalue weighted by Gasteiger charge is 2.42. The highest BCUT2D eigenvalue weighted by Crippen LogP contribution is 2.27. The fraction of sp³-hybridized carbons (Fsp3) is 0.526. The maximum atomic E-state index is 12.7. The molecule has 2 heterocycles. The van der Waals surface area contributed by atoms with Gasteiger partial charge in [-0.25, -0.2) is 9.59 Å². The SMILES string of the molecule is CCOC(=O)C(C)Cc1ccc(N2CC3CN(C(=O)O)CCN3C2=O)cc1. The molecule has 1 N–H and O–H groups in total. The minimum absolute atomic E-state index is 0.0855. The van der Waals surface area contributed by atoms with Gasteiger partial charge in [-0.15, -0.1) is 0 Å². The lowest BCUT2D eigenvalue weighted by atomic mass is 10.0. The Kier molecular flexibility index (Phi) is 5.53. The number of fused-ring (bicyclic) bond motifs is 1. The first-order valence-corrected chi connectivity index (χ1v) is 9.22. The van der Waals surface area contributed by atoms with Gasteiger partial charge >= 0.3 is 18.1 Å². The first kappa shape index (κ1) is 19.0. The minimum atomic E-state index is -0.944. The van der Waals surface area contributed by atoms with Crippen LogP contribution in [0.2, 0.25) is 0 Å². The Balaban J connectivity index is 1.64. The Morgan fingerprint density at radius 3 is 2.56 bits per heavy atom. The number of rotatable bonds is 5. The zero-order valence-electron chi connectivity index (χ0n) is 15.6. The first-order chi connectivity index (χ1) is 12.9. The predicted molar refractivity (Wildman–Crippen MR) is 98.8 cm³/mol. The zero-order chi connectivity index (χ0) is 19.6.